The minimum Gasteiger partial charge on any atom is -0.378 e. The number of rotatable bonds is 5. The summed E-state index contributed by atoms with van der Waals surface area (Å²) in [5.74, 6) is 0.928. The van der Waals surface area contributed by atoms with E-state index in [2.05, 4.69) is 58.1 Å². The number of guanidine groups is 1. The highest BCUT2D eigenvalue weighted by Gasteiger charge is 2.58. The van der Waals surface area contributed by atoms with E-state index in [4.69, 9.17) is 4.74 Å². The molecule has 2 fully saturated rings. The average molecular weight is 379 g/mol. The van der Waals surface area contributed by atoms with Crippen LogP contribution in [0.4, 0.5) is 0 Å². The van der Waals surface area contributed by atoms with Crippen LogP contribution in [0.25, 0.3) is 0 Å². The number of likely N-dealkylation sites (tertiary alicyclic amines) is 1. The van der Waals surface area contributed by atoms with Crippen molar-refractivity contribution in [2.75, 3.05) is 27.2 Å². The van der Waals surface area contributed by atoms with Crippen molar-refractivity contribution in [3.8, 4) is 0 Å². The highest BCUT2D eigenvalue weighted by Crippen LogP contribution is 2.51. The van der Waals surface area contributed by atoms with Gasteiger partial charge in [-0.3, -0.25) is 9.89 Å². The molecular formula is C20H34N4OS. The van der Waals surface area contributed by atoms with E-state index >= 15 is 0 Å². The van der Waals surface area contributed by atoms with Crippen LogP contribution in [-0.2, 0) is 11.3 Å². The molecule has 6 heteroatoms. The van der Waals surface area contributed by atoms with Gasteiger partial charge in [-0.2, -0.15) is 11.3 Å². The summed E-state index contributed by atoms with van der Waals surface area (Å²) in [6, 6.07) is 3.11. The maximum atomic E-state index is 5.73. The van der Waals surface area contributed by atoms with Gasteiger partial charge in [0.25, 0.3) is 0 Å². The van der Waals surface area contributed by atoms with E-state index in [1.807, 2.05) is 14.2 Å². The molecule has 2 N–H and O–H groups in total. The first-order valence-corrected chi connectivity index (χ1v) is 10.6. The fraction of sp³-hybridized carbons (Fsp3) is 0.750. The van der Waals surface area contributed by atoms with Crippen LogP contribution in [0.3, 0.4) is 0 Å². The van der Waals surface area contributed by atoms with Gasteiger partial charge in [-0.05, 0) is 48.6 Å². The first kappa shape index (κ1) is 19.6. The number of hydrogen-bond donors (Lipinski definition) is 2. The van der Waals surface area contributed by atoms with Gasteiger partial charge < -0.3 is 15.4 Å². The van der Waals surface area contributed by atoms with Gasteiger partial charge in [0.15, 0.2) is 5.96 Å². The lowest BCUT2D eigenvalue weighted by Crippen LogP contribution is -2.69. The Morgan fingerprint density at radius 2 is 2.04 bits per heavy atom. The van der Waals surface area contributed by atoms with Crippen molar-refractivity contribution in [2.24, 2.45) is 10.4 Å². The molecule has 0 radical (unpaired) electrons. The number of nitrogens with one attached hydrogen (secondary N) is 2. The summed E-state index contributed by atoms with van der Waals surface area (Å²) in [7, 11) is 3.68. The molecule has 1 saturated carbocycles. The normalized spacial score (nSPS) is 30.0. The molecule has 1 aliphatic carbocycles. The van der Waals surface area contributed by atoms with Crippen molar-refractivity contribution >= 4 is 17.3 Å². The van der Waals surface area contributed by atoms with E-state index in [-0.39, 0.29) is 11.0 Å². The van der Waals surface area contributed by atoms with E-state index in [0.29, 0.717) is 12.1 Å². The highest BCUT2D eigenvalue weighted by atomic mass is 32.1. The number of aliphatic imine (C=N–C) groups is 1. The Balaban J connectivity index is 1.45. The Morgan fingerprint density at radius 3 is 2.58 bits per heavy atom. The number of thiophene rings is 1. The van der Waals surface area contributed by atoms with Crippen molar-refractivity contribution in [3.63, 3.8) is 0 Å². The van der Waals surface area contributed by atoms with Crippen molar-refractivity contribution in [2.45, 2.75) is 64.3 Å². The lowest BCUT2D eigenvalue weighted by Gasteiger charge is -2.59. The van der Waals surface area contributed by atoms with Gasteiger partial charge in [-0.25, -0.2) is 0 Å². The SMILES string of the molecule is CN=C(NC1CCN(Cc2ccsc2)CC1)NC1CC(C)(OC)C1(C)C. The number of ether oxygens (including phenoxy) is 1. The molecule has 2 unspecified atom stereocenters. The van der Waals surface area contributed by atoms with Gasteiger partial charge in [0.1, 0.15) is 0 Å². The third-order valence-electron chi connectivity index (χ3n) is 6.73. The first-order chi connectivity index (χ1) is 12.4. The largest absolute Gasteiger partial charge is 0.378 e. The summed E-state index contributed by atoms with van der Waals surface area (Å²) < 4.78 is 5.73. The zero-order valence-electron chi connectivity index (χ0n) is 16.8. The monoisotopic (exact) mass is 378 g/mol. The summed E-state index contributed by atoms with van der Waals surface area (Å²) in [5.41, 5.74) is 1.46. The van der Waals surface area contributed by atoms with E-state index in [1.165, 1.54) is 5.56 Å². The van der Waals surface area contributed by atoms with Crippen LogP contribution >= 0.6 is 11.3 Å². The Hall–Kier alpha value is -1.11. The van der Waals surface area contributed by atoms with Crippen molar-refractivity contribution in [1.82, 2.24) is 15.5 Å². The lowest BCUT2D eigenvalue weighted by atomic mass is 9.56. The Bertz CT molecular complexity index is 607. The molecule has 1 aromatic rings. The number of methoxy groups -OCH3 is 1. The standard InChI is InChI=1S/C20H34N4OS/c1-19(2)17(12-20(19,3)25-5)23-18(21-4)22-16-6-9-24(10-7-16)13-15-8-11-26-14-15/h8,11,14,16-17H,6-7,9-10,12-13H2,1-5H3,(H2,21,22,23). The molecule has 0 spiro atoms. The minimum atomic E-state index is -0.0590. The molecule has 1 aromatic heterocycles. The van der Waals surface area contributed by atoms with Gasteiger partial charge >= 0.3 is 0 Å². The predicted molar refractivity (Wildman–Crippen MR) is 110 cm³/mol. The number of nitrogens with zero attached hydrogens (tertiary/aromatic N) is 2. The molecule has 1 aliphatic heterocycles. The topological polar surface area (TPSA) is 48.9 Å². The van der Waals surface area contributed by atoms with E-state index < -0.39 is 0 Å². The molecule has 0 amide bonds. The second-order valence-corrected chi connectivity index (χ2v) is 9.24. The van der Waals surface area contributed by atoms with E-state index in [1.54, 1.807) is 11.3 Å². The molecular weight excluding hydrogens is 344 g/mol. The zero-order chi connectivity index (χ0) is 18.8. The molecule has 5 nitrogen and oxygen atoms in total. The molecule has 146 valence electrons. The van der Waals surface area contributed by atoms with Crippen LogP contribution in [0.15, 0.2) is 21.8 Å². The van der Waals surface area contributed by atoms with Crippen LogP contribution in [-0.4, -0.2) is 55.8 Å². The third kappa shape index (κ3) is 3.92. The van der Waals surface area contributed by atoms with Gasteiger partial charge in [-0.1, -0.05) is 13.8 Å². The summed E-state index contributed by atoms with van der Waals surface area (Å²) >= 11 is 1.78. The maximum Gasteiger partial charge on any atom is 0.191 e. The van der Waals surface area contributed by atoms with Crippen molar-refractivity contribution < 1.29 is 4.74 Å². The van der Waals surface area contributed by atoms with Crippen LogP contribution in [0.5, 0.6) is 0 Å². The van der Waals surface area contributed by atoms with Crippen molar-refractivity contribution in [3.05, 3.63) is 22.4 Å². The molecule has 26 heavy (non-hydrogen) atoms. The second kappa shape index (κ2) is 7.87. The molecule has 2 aliphatic rings. The quantitative estimate of drug-likeness (QED) is 0.611. The van der Waals surface area contributed by atoms with Crippen LogP contribution < -0.4 is 10.6 Å². The van der Waals surface area contributed by atoms with Gasteiger partial charge in [0.2, 0.25) is 0 Å². The minimum absolute atomic E-state index is 0.0590. The molecule has 2 atom stereocenters. The second-order valence-electron chi connectivity index (χ2n) is 8.46. The molecule has 0 bridgehead atoms. The Morgan fingerprint density at radius 1 is 1.31 bits per heavy atom. The smallest absolute Gasteiger partial charge is 0.191 e. The summed E-state index contributed by atoms with van der Waals surface area (Å²) in [6.45, 7) is 10.1. The Kier molecular flexibility index (Phi) is 5.94. The molecule has 1 saturated heterocycles. The molecule has 0 aromatic carbocycles. The maximum absolute atomic E-state index is 5.73. The third-order valence-corrected chi connectivity index (χ3v) is 7.46. The average Bonchev–Trinajstić information content (AvgIpc) is 3.14. The lowest BCUT2D eigenvalue weighted by molar-refractivity contribution is -0.176. The fourth-order valence-electron chi connectivity index (χ4n) is 4.13. The van der Waals surface area contributed by atoms with Gasteiger partial charge in [0.05, 0.1) is 5.60 Å². The summed E-state index contributed by atoms with van der Waals surface area (Å²) in [5, 5.41) is 11.7. The van der Waals surface area contributed by atoms with E-state index in [9.17, 15) is 0 Å². The molecule has 3 rings (SSSR count). The van der Waals surface area contributed by atoms with Crippen LogP contribution in [0.1, 0.15) is 45.6 Å². The zero-order valence-corrected chi connectivity index (χ0v) is 17.7. The van der Waals surface area contributed by atoms with Crippen LogP contribution in [0, 0.1) is 5.41 Å². The summed E-state index contributed by atoms with van der Waals surface area (Å²) in [6.07, 6.45) is 3.33. The number of piperidine rings is 1. The fourth-order valence-corrected chi connectivity index (χ4v) is 4.79. The Labute approximate surface area is 162 Å². The highest BCUT2D eigenvalue weighted by molar-refractivity contribution is 7.07. The van der Waals surface area contributed by atoms with Gasteiger partial charge in [-0.15, -0.1) is 0 Å². The summed E-state index contributed by atoms with van der Waals surface area (Å²) in [4.78, 5) is 7.02. The van der Waals surface area contributed by atoms with Crippen molar-refractivity contribution in [1.29, 1.82) is 0 Å². The van der Waals surface area contributed by atoms with E-state index in [0.717, 1.165) is 44.9 Å². The van der Waals surface area contributed by atoms with Crippen LogP contribution in [0.2, 0.25) is 0 Å². The van der Waals surface area contributed by atoms with Gasteiger partial charge in [0, 0.05) is 51.3 Å². The predicted octanol–water partition coefficient (Wildman–Crippen LogP) is 3.08. The first-order valence-electron chi connectivity index (χ1n) is 9.66. The number of hydrogen-bond acceptors (Lipinski definition) is 4. The molecule has 2 heterocycles.